The van der Waals surface area contributed by atoms with Crippen molar-refractivity contribution in [1.29, 1.82) is 0 Å². The smallest absolute Gasteiger partial charge is 0.406 e. The number of alkyl halides is 3. The van der Waals surface area contributed by atoms with Crippen molar-refractivity contribution < 1.29 is 23.1 Å². The Hall–Kier alpha value is -1.46. The number of carboxylic acid groups (broad SMARTS) is 1. The molecule has 17 heavy (non-hydrogen) atoms. The zero-order chi connectivity index (χ0) is 12.8. The van der Waals surface area contributed by atoms with Gasteiger partial charge in [0.25, 0.3) is 0 Å². The van der Waals surface area contributed by atoms with Crippen LogP contribution in [0, 0.1) is 6.92 Å². The molecule has 1 aromatic rings. The SMILES string of the molecule is Cc1c(C(=O)O)cc(C2CC2)n1CC(F)(F)F. The van der Waals surface area contributed by atoms with Gasteiger partial charge in [-0.05, 0) is 31.7 Å². The van der Waals surface area contributed by atoms with Gasteiger partial charge in [-0.3, -0.25) is 0 Å². The lowest BCUT2D eigenvalue weighted by molar-refractivity contribution is -0.141. The summed E-state index contributed by atoms with van der Waals surface area (Å²) in [5.41, 5.74) is 0.644. The molecule has 1 N–H and O–H groups in total. The van der Waals surface area contributed by atoms with Gasteiger partial charge in [0.15, 0.2) is 0 Å². The van der Waals surface area contributed by atoms with Crippen LogP contribution in [0.2, 0.25) is 0 Å². The summed E-state index contributed by atoms with van der Waals surface area (Å²) < 4.78 is 38.4. The van der Waals surface area contributed by atoms with Crippen LogP contribution in [-0.2, 0) is 6.54 Å². The Kier molecular flexibility index (Phi) is 2.67. The van der Waals surface area contributed by atoms with E-state index in [1.165, 1.54) is 13.0 Å². The van der Waals surface area contributed by atoms with Crippen LogP contribution in [0.1, 0.15) is 40.5 Å². The van der Waals surface area contributed by atoms with E-state index in [1.807, 2.05) is 0 Å². The number of rotatable bonds is 3. The molecule has 2 rings (SSSR count). The summed E-state index contributed by atoms with van der Waals surface area (Å²) in [6, 6.07) is 1.38. The van der Waals surface area contributed by atoms with Crippen molar-refractivity contribution in [2.75, 3.05) is 0 Å². The van der Waals surface area contributed by atoms with Gasteiger partial charge in [0, 0.05) is 11.4 Å². The topological polar surface area (TPSA) is 42.2 Å². The molecule has 0 atom stereocenters. The number of aromatic carboxylic acids is 1. The molecule has 0 spiro atoms. The normalized spacial score (nSPS) is 16.2. The molecular formula is C11H12F3NO2. The first-order valence-electron chi connectivity index (χ1n) is 5.29. The van der Waals surface area contributed by atoms with E-state index < -0.39 is 18.7 Å². The van der Waals surface area contributed by atoms with E-state index in [0.29, 0.717) is 5.69 Å². The Labute approximate surface area is 95.9 Å². The van der Waals surface area contributed by atoms with Crippen molar-refractivity contribution in [3.05, 3.63) is 23.0 Å². The average Bonchev–Trinajstić information content (AvgIpc) is 2.93. The molecule has 1 aromatic heterocycles. The fourth-order valence-corrected chi connectivity index (χ4v) is 1.99. The van der Waals surface area contributed by atoms with E-state index in [0.717, 1.165) is 17.4 Å². The summed E-state index contributed by atoms with van der Waals surface area (Å²) >= 11 is 0. The number of nitrogens with zero attached hydrogens (tertiary/aromatic N) is 1. The highest BCUT2D eigenvalue weighted by Crippen LogP contribution is 2.42. The number of halogens is 3. The molecule has 0 bridgehead atoms. The summed E-state index contributed by atoms with van der Waals surface area (Å²) in [6.45, 7) is 0.305. The van der Waals surface area contributed by atoms with E-state index >= 15 is 0 Å². The lowest BCUT2D eigenvalue weighted by Gasteiger charge is -2.13. The first kappa shape index (κ1) is 12.0. The molecule has 0 aromatic carbocycles. The van der Waals surface area contributed by atoms with Crippen LogP contribution in [-0.4, -0.2) is 21.8 Å². The van der Waals surface area contributed by atoms with Gasteiger partial charge in [0.2, 0.25) is 0 Å². The minimum Gasteiger partial charge on any atom is -0.478 e. The average molecular weight is 247 g/mol. The molecule has 0 radical (unpaired) electrons. The maximum Gasteiger partial charge on any atom is 0.406 e. The molecular weight excluding hydrogens is 235 g/mol. The summed E-state index contributed by atoms with van der Waals surface area (Å²) in [5.74, 6) is -1.09. The second-order valence-corrected chi connectivity index (χ2v) is 4.35. The Morgan fingerprint density at radius 3 is 2.53 bits per heavy atom. The van der Waals surface area contributed by atoms with Gasteiger partial charge < -0.3 is 9.67 Å². The van der Waals surface area contributed by atoms with Gasteiger partial charge in [-0.15, -0.1) is 0 Å². The van der Waals surface area contributed by atoms with Gasteiger partial charge in [0.1, 0.15) is 6.54 Å². The first-order valence-corrected chi connectivity index (χ1v) is 5.29. The molecule has 0 unspecified atom stereocenters. The minimum absolute atomic E-state index is 0.0313. The molecule has 94 valence electrons. The highest BCUT2D eigenvalue weighted by atomic mass is 19.4. The van der Waals surface area contributed by atoms with Crippen molar-refractivity contribution in [3.63, 3.8) is 0 Å². The third kappa shape index (κ3) is 2.45. The van der Waals surface area contributed by atoms with Crippen molar-refractivity contribution in [2.45, 2.75) is 38.4 Å². The zero-order valence-electron chi connectivity index (χ0n) is 9.21. The van der Waals surface area contributed by atoms with Gasteiger partial charge in [-0.25, -0.2) is 4.79 Å². The van der Waals surface area contributed by atoms with Crippen LogP contribution in [0.3, 0.4) is 0 Å². The molecule has 6 heteroatoms. The largest absolute Gasteiger partial charge is 0.478 e. The fraction of sp³-hybridized carbons (Fsp3) is 0.545. The molecule has 1 heterocycles. The standard InChI is InChI=1S/C11H12F3NO2/c1-6-8(10(16)17)4-9(7-2-3-7)15(6)5-11(12,13)14/h4,7H,2-3,5H2,1H3,(H,16,17). The molecule has 0 aliphatic heterocycles. The van der Waals surface area contributed by atoms with Crippen molar-refractivity contribution in [2.24, 2.45) is 0 Å². The maximum atomic E-state index is 12.4. The minimum atomic E-state index is -4.33. The van der Waals surface area contributed by atoms with Crippen LogP contribution in [0.25, 0.3) is 0 Å². The van der Waals surface area contributed by atoms with E-state index in [1.54, 1.807) is 0 Å². The maximum absolute atomic E-state index is 12.4. The molecule has 0 saturated heterocycles. The molecule has 1 aliphatic rings. The Bertz CT molecular complexity index is 458. The highest BCUT2D eigenvalue weighted by Gasteiger charge is 2.35. The second kappa shape index (κ2) is 3.78. The van der Waals surface area contributed by atoms with Crippen molar-refractivity contribution in [1.82, 2.24) is 4.57 Å². The van der Waals surface area contributed by atoms with Gasteiger partial charge in [-0.2, -0.15) is 13.2 Å². The molecule has 3 nitrogen and oxygen atoms in total. The number of aromatic nitrogens is 1. The van der Waals surface area contributed by atoms with E-state index in [9.17, 15) is 18.0 Å². The van der Waals surface area contributed by atoms with Crippen LogP contribution in [0.4, 0.5) is 13.2 Å². The first-order chi connectivity index (χ1) is 7.79. The summed E-state index contributed by atoms with van der Waals surface area (Å²) in [7, 11) is 0. The molecule has 1 fully saturated rings. The lowest BCUT2D eigenvalue weighted by Crippen LogP contribution is -2.20. The Balaban J connectivity index is 2.43. The fourth-order valence-electron chi connectivity index (χ4n) is 1.99. The van der Waals surface area contributed by atoms with Crippen LogP contribution < -0.4 is 0 Å². The van der Waals surface area contributed by atoms with E-state index in [4.69, 9.17) is 5.11 Å². The highest BCUT2D eigenvalue weighted by molar-refractivity contribution is 5.89. The third-order valence-corrected chi connectivity index (χ3v) is 2.96. The van der Waals surface area contributed by atoms with Crippen LogP contribution in [0.15, 0.2) is 6.07 Å². The predicted octanol–water partition coefficient (Wildman–Crippen LogP) is 2.93. The van der Waals surface area contributed by atoms with Crippen LogP contribution >= 0.6 is 0 Å². The monoisotopic (exact) mass is 247 g/mol. The summed E-state index contributed by atoms with van der Waals surface area (Å²) in [4.78, 5) is 10.9. The number of carboxylic acids is 1. The second-order valence-electron chi connectivity index (χ2n) is 4.35. The van der Waals surface area contributed by atoms with Crippen molar-refractivity contribution in [3.8, 4) is 0 Å². The molecule has 1 aliphatic carbocycles. The van der Waals surface area contributed by atoms with Crippen LogP contribution in [0.5, 0.6) is 0 Å². The number of hydrogen-bond donors (Lipinski definition) is 1. The van der Waals surface area contributed by atoms with E-state index in [2.05, 4.69) is 0 Å². The number of carbonyl (C=O) groups is 1. The van der Waals surface area contributed by atoms with Gasteiger partial charge in [0.05, 0.1) is 5.56 Å². The zero-order valence-corrected chi connectivity index (χ0v) is 9.21. The van der Waals surface area contributed by atoms with Gasteiger partial charge in [-0.1, -0.05) is 0 Å². The summed E-state index contributed by atoms with van der Waals surface area (Å²) in [6.07, 6.45) is -2.66. The third-order valence-electron chi connectivity index (χ3n) is 2.96. The Morgan fingerprint density at radius 1 is 1.53 bits per heavy atom. The molecule has 0 amide bonds. The predicted molar refractivity (Wildman–Crippen MR) is 54.2 cm³/mol. The van der Waals surface area contributed by atoms with Gasteiger partial charge >= 0.3 is 12.1 Å². The quantitative estimate of drug-likeness (QED) is 0.892. The summed E-state index contributed by atoms with van der Waals surface area (Å²) in [5, 5.41) is 8.91. The Morgan fingerprint density at radius 2 is 2.12 bits per heavy atom. The lowest BCUT2D eigenvalue weighted by atomic mass is 10.2. The molecule has 1 saturated carbocycles. The van der Waals surface area contributed by atoms with Crippen molar-refractivity contribution >= 4 is 5.97 Å². The number of hydrogen-bond acceptors (Lipinski definition) is 1. The van der Waals surface area contributed by atoms with E-state index in [-0.39, 0.29) is 17.2 Å².